The van der Waals surface area contributed by atoms with Gasteiger partial charge in [-0.3, -0.25) is 13.9 Å². The molecule has 0 radical (unpaired) electrons. The van der Waals surface area contributed by atoms with Crippen LogP contribution in [0.15, 0.2) is 77.7 Å². The Hall–Kier alpha value is -3.56. The summed E-state index contributed by atoms with van der Waals surface area (Å²) >= 11 is 6.31. The molecule has 224 valence electrons. The molecule has 3 aromatic rings. The molecular weight excluding hydrogens is 574 g/mol. The van der Waals surface area contributed by atoms with Crippen molar-refractivity contribution in [2.75, 3.05) is 18.0 Å². The minimum atomic E-state index is -4.17. The van der Waals surface area contributed by atoms with Gasteiger partial charge in [0.05, 0.1) is 17.7 Å². The van der Waals surface area contributed by atoms with E-state index in [1.807, 2.05) is 25.1 Å². The standard InChI is InChI=1S/C32H38ClN3O5S/c1-4-29(32(38)34-26-12-8-9-13-26)35(21-24-11-10-14-27(19-24)41-3)31(37)22-36(30-20-25(33)18-17-23(30)2)42(39,40)28-15-6-5-7-16-28/h5-7,10-11,14-20,26,29H,4,8-9,12-13,21-22H2,1-3H3,(H,34,38)/t29-/m0/s1. The number of carbonyl (C=O) groups is 2. The normalized spacial score (nSPS) is 14.3. The molecule has 0 aliphatic heterocycles. The van der Waals surface area contributed by atoms with Gasteiger partial charge in [0.25, 0.3) is 10.0 Å². The minimum Gasteiger partial charge on any atom is -0.497 e. The summed E-state index contributed by atoms with van der Waals surface area (Å²) in [5.41, 5.74) is 1.69. The number of sulfonamides is 1. The van der Waals surface area contributed by atoms with E-state index in [0.29, 0.717) is 28.4 Å². The van der Waals surface area contributed by atoms with Gasteiger partial charge in [-0.25, -0.2) is 8.42 Å². The lowest BCUT2D eigenvalue weighted by atomic mass is 10.1. The predicted molar refractivity (Wildman–Crippen MR) is 165 cm³/mol. The molecular formula is C32H38ClN3O5S. The Morgan fingerprint density at radius 3 is 2.40 bits per heavy atom. The van der Waals surface area contributed by atoms with Crippen molar-refractivity contribution in [3.8, 4) is 5.75 Å². The Balaban J connectivity index is 1.74. The maximum atomic E-state index is 14.3. The second-order valence-electron chi connectivity index (χ2n) is 10.5. The number of nitrogens with zero attached hydrogens (tertiary/aromatic N) is 2. The number of rotatable bonds is 12. The van der Waals surface area contributed by atoms with E-state index in [4.69, 9.17) is 16.3 Å². The van der Waals surface area contributed by atoms with Crippen LogP contribution in [0.2, 0.25) is 5.02 Å². The van der Waals surface area contributed by atoms with E-state index in [2.05, 4.69) is 5.32 Å². The number of hydrogen-bond acceptors (Lipinski definition) is 5. The van der Waals surface area contributed by atoms with Gasteiger partial charge in [-0.05, 0) is 73.7 Å². The molecule has 3 aromatic carbocycles. The fraction of sp³-hybridized carbons (Fsp3) is 0.375. The summed E-state index contributed by atoms with van der Waals surface area (Å²) in [6.07, 6.45) is 4.28. The zero-order chi connectivity index (χ0) is 30.3. The first-order chi connectivity index (χ1) is 20.1. The summed E-state index contributed by atoms with van der Waals surface area (Å²) in [5, 5.41) is 3.46. The number of aryl methyl sites for hydroxylation is 1. The molecule has 0 bridgehead atoms. The lowest BCUT2D eigenvalue weighted by Gasteiger charge is -2.34. The van der Waals surface area contributed by atoms with Gasteiger partial charge in [0, 0.05) is 17.6 Å². The topological polar surface area (TPSA) is 96.0 Å². The van der Waals surface area contributed by atoms with Gasteiger partial charge in [0.15, 0.2) is 0 Å². The first-order valence-corrected chi connectivity index (χ1v) is 16.0. The number of halogens is 1. The number of methoxy groups -OCH3 is 1. The molecule has 1 saturated carbocycles. The summed E-state index contributed by atoms with van der Waals surface area (Å²) in [6.45, 7) is 3.20. The minimum absolute atomic E-state index is 0.0440. The highest BCUT2D eigenvalue weighted by atomic mass is 35.5. The van der Waals surface area contributed by atoms with E-state index < -0.39 is 28.5 Å². The van der Waals surface area contributed by atoms with Crippen molar-refractivity contribution in [3.63, 3.8) is 0 Å². The third-order valence-corrected chi connectivity index (χ3v) is 9.63. The van der Waals surface area contributed by atoms with E-state index in [9.17, 15) is 18.0 Å². The fourth-order valence-electron chi connectivity index (χ4n) is 5.34. The van der Waals surface area contributed by atoms with Crippen LogP contribution in [0.1, 0.15) is 50.2 Å². The largest absolute Gasteiger partial charge is 0.497 e. The Labute approximate surface area is 253 Å². The van der Waals surface area contributed by atoms with Crippen molar-refractivity contribution in [1.82, 2.24) is 10.2 Å². The third kappa shape index (κ3) is 7.44. The molecule has 1 atom stereocenters. The molecule has 0 spiro atoms. The fourth-order valence-corrected chi connectivity index (χ4v) is 7.00. The highest BCUT2D eigenvalue weighted by Crippen LogP contribution is 2.30. The molecule has 1 aliphatic rings. The number of nitrogens with one attached hydrogen (secondary N) is 1. The number of ether oxygens (including phenoxy) is 1. The summed E-state index contributed by atoms with van der Waals surface area (Å²) in [4.78, 5) is 29.4. The first kappa shape index (κ1) is 31.4. The van der Waals surface area contributed by atoms with Crippen LogP contribution in [0.3, 0.4) is 0 Å². The van der Waals surface area contributed by atoms with Gasteiger partial charge in [-0.15, -0.1) is 0 Å². The quantitative estimate of drug-likeness (QED) is 0.283. The van der Waals surface area contributed by atoms with E-state index in [-0.39, 0.29) is 23.4 Å². The first-order valence-electron chi connectivity index (χ1n) is 14.2. The van der Waals surface area contributed by atoms with Crippen LogP contribution >= 0.6 is 11.6 Å². The second-order valence-corrected chi connectivity index (χ2v) is 12.8. The number of amides is 2. The van der Waals surface area contributed by atoms with Crippen LogP contribution in [0.4, 0.5) is 5.69 Å². The molecule has 4 rings (SSSR count). The van der Waals surface area contributed by atoms with Crippen LogP contribution in [-0.4, -0.2) is 50.9 Å². The molecule has 2 amide bonds. The molecule has 42 heavy (non-hydrogen) atoms. The van der Waals surface area contributed by atoms with Gasteiger partial charge in [0.1, 0.15) is 18.3 Å². The highest BCUT2D eigenvalue weighted by molar-refractivity contribution is 7.92. The van der Waals surface area contributed by atoms with Crippen LogP contribution in [0.5, 0.6) is 5.75 Å². The summed E-state index contributed by atoms with van der Waals surface area (Å²) in [6, 6.07) is 19.5. The van der Waals surface area contributed by atoms with Gasteiger partial charge in [-0.2, -0.15) is 0 Å². The Kier molecular flexibility index (Phi) is 10.5. The van der Waals surface area contributed by atoms with Gasteiger partial charge < -0.3 is 15.0 Å². The molecule has 10 heteroatoms. The van der Waals surface area contributed by atoms with Crippen molar-refractivity contribution in [3.05, 3.63) is 88.9 Å². The number of hydrogen-bond donors (Lipinski definition) is 1. The van der Waals surface area contributed by atoms with Crippen LogP contribution in [0, 0.1) is 6.92 Å². The molecule has 1 aliphatic carbocycles. The average Bonchev–Trinajstić information content (AvgIpc) is 3.50. The van der Waals surface area contributed by atoms with E-state index in [1.165, 1.54) is 17.0 Å². The summed E-state index contributed by atoms with van der Waals surface area (Å²) in [7, 11) is -2.61. The van der Waals surface area contributed by atoms with E-state index >= 15 is 0 Å². The lowest BCUT2D eigenvalue weighted by molar-refractivity contribution is -0.140. The zero-order valence-corrected chi connectivity index (χ0v) is 25.8. The maximum Gasteiger partial charge on any atom is 0.264 e. The average molecular weight is 612 g/mol. The van der Waals surface area contributed by atoms with Crippen molar-refractivity contribution in [1.29, 1.82) is 0 Å². The summed E-state index contributed by atoms with van der Waals surface area (Å²) < 4.78 is 34.5. The monoisotopic (exact) mass is 611 g/mol. The number of benzene rings is 3. The van der Waals surface area contributed by atoms with Gasteiger partial charge >= 0.3 is 0 Å². The van der Waals surface area contributed by atoms with Crippen molar-refractivity contribution < 1.29 is 22.7 Å². The lowest BCUT2D eigenvalue weighted by Crippen LogP contribution is -2.53. The molecule has 1 fully saturated rings. The van der Waals surface area contributed by atoms with Crippen molar-refractivity contribution in [2.24, 2.45) is 0 Å². The SMILES string of the molecule is CC[C@@H](C(=O)NC1CCCC1)N(Cc1cccc(OC)c1)C(=O)CN(c1cc(Cl)ccc1C)S(=O)(=O)c1ccccc1. The Morgan fingerprint density at radius 1 is 1.02 bits per heavy atom. The molecule has 1 N–H and O–H groups in total. The van der Waals surface area contributed by atoms with Gasteiger partial charge in [0.2, 0.25) is 11.8 Å². The maximum absolute atomic E-state index is 14.3. The Bertz CT molecular complexity index is 1490. The predicted octanol–water partition coefficient (Wildman–Crippen LogP) is 5.72. The molecule has 0 unspecified atom stereocenters. The number of carbonyl (C=O) groups excluding carboxylic acids is 2. The van der Waals surface area contributed by atoms with Gasteiger partial charge in [-0.1, -0.05) is 67.8 Å². The third-order valence-electron chi connectivity index (χ3n) is 7.62. The van der Waals surface area contributed by atoms with Crippen LogP contribution in [0.25, 0.3) is 0 Å². The molecule has 0 heterocycles. The molecule has 0 aromatic heterocycles. The Morgan fingerprint density at radius 2 is 1.74 bits per heavy atom. The van der Waals surface area contributed by atoms with Crippen molar-refractivity contribution in [2.45, 2.75) is 69.5 Å². The smallest absolute Gasteiger partial charge is 0.264 e. The molecule has 0 saturated heterocycles. The number of anilines is 1. The second kappa shape index (κ2) is 14.1. The van der Waals surface area contributed by atoms with E-state index in [1.54, 1.807) is 56.5 Å². The van der Waals surface area contributed by atoms with E-state index in [0.717, 1.165) is 35.6 Å². The zero-order valence-electron chi connectivity index (χ0n) is 24.3. The summed E-state index contributed by atoms with van der Waals surface area (Å²) in [5.74, 6) is -0.131. The highest BCUT2D eigenvalue weighted by Gasteiger charge is 2.35. The van der Waals surface area contributed by atoms with Crippen molar-refractivity contribution >= 4 is 39.1 Å². The van der Waals surface area contributed by atoms with Crippen LogP contribution < -0.4 is 14.4 Å². The van der Waals surface area contributed by atoms with Crippen LogP contribution in [-0.2, 0) is 26.2 Å². The molecule has 8 nitrogen and oxygen atoms in total.